The summed E-state index contributed by atoms with van der Waals surface area (Å²) in [5, 5.41) is 0. The molecule has 0 bridgehead atoms. The number of benzene rings is 1. The number of hydrogen-bond acceptors (Lipinski definition) is 2. The van der Waals surface area contributed by atoms with E-state index in [1.807, 2.05) is 0 Å². The van der Waals surface area contributed by atoms with Crippen LogP contribution in [-0.4, -0.2) is 14.8 Å². The van der Waals surface area contributed by atoms with Crippen molar-refractivity contribution in [1.82, 2.24) is 9.97 Å². The zero-order chi connectivity index (χ0) is 9.42. The number of nitrogens with one attached hydrogen (secondary N) is 2. The fraction of sp³-hybridized carbons (Fsp3) is 0. The fourth-order valence-corrected chi connectivity index (χ4v) is 1.16. The topological polar surface area (TPSA) is 94.8 Å². The molecule has 0 atom stereocenters. The van der Waals surface area contributed by atoms with Crippen LogP contribution in [0.3, 0.4) is 0 Å². The third-order valence-electron chi connectivity index (χ3n) is 1.75. The molecule has 1 aromatic heterocycles. The van der Waals surface area contributed by atoms with Crippen LogP contribution in [-0.2, 0) is 0 Å². The van der Waals surface area contributed by atoms with Gasteiger partial charge in [-0.15, -0.1) is 0 Å². The predicted octanol–water partition coefficient (Wildman–Crippen LogP) is 0.140. The summed E-state index contributed by atoms with van der Waals surface area (Å²) in [6, 6.07) is 4.64. The second kappa shape index (κ2) is 2.44. The van der Waals surface area contributed by atoms with Crippen LogP contribution < -0.4 is 11.5 Å². The van der Waals surface area contributed by atoms with Crippen LogP contribution in [0.4, 0.5) is 5.69 Å². The average Bonchev–Trinajstić information content (AvgIpc) is 2.42. The van der Waals surface area contributed by atoms with Crippen LogP contribution in [0.1, 0.15) is 0 Å². The first kappa shape index (κ1) is 7.53. The molecule has 13 heavy (non-hydrogen) atoms. The van der Waals surface area contributed by atoms with E-state index in [0.29, 0.717) is 16.7 Å². The molecule has 0 spiro atoms. The molecule has 0 aliphatic carbocycles. The average molecular weight is 179 g/mol. The highest BCUT2D eigenvalue weighted by Gasteiger charge is 2.09. The van der Waals surface area contributed by atoms with E-state index in [0.717, 1.165) is 0 Å². The highest BCUT2D eigenvalue weighted by Crippen LogP contribution is 2.14. The largest absolute Gasteiger partial charge is 0.323 e. The Bertz CT molecular complexity index is 525. The Kier molecular flexibility index (Phi) is 1.42. The van der Waals surface area contributed by atoms with Crippen LogP contribution >= 0.6 is 0 Å². The van der Waals surface area contributed by atoms with Crippen molar-refractivity contribution in [2.75, 3.05) is 0 Å². The van der Waals surface area contributed by atoms with Gasteiger partial charge in [0.15, 0.2) is 4.87 Å². The number of nitrogens with two attached hydrogens (primary N) is 1. The van der Waals surface area contributed by atoms with E-state index in [2.05, 4.69) is 9.97 Å². The second-order valence-electron chi connectivity index (χ2n) is 2.63. The van der Waals surface area contributed by atoms with Crippen LogP contribution in [0.2, 0.25) is 0 Å². The second-order valence-corrected chi connectivity index (χ2v) is 2.63. The lowest BCUT2D eigenvalue weighted by molar-refractivity contribution is -0.474. The van der Waals surface area contributed by atoms with Crippen LogP contribution in [0.25, 0.3) is 11.0 Å². The molecule has 0 saturated heterocycles. The van der Waals surface area contributed by atoms with E-state index < -0.39 is 0 Å². The highest BCUT2D eigenvalue weighted by molar-refractivity contribution is 5.76. The maximum Gasteiger partial charge on any atom is 0.323 e. The molecule has 2 aromatic rings. The summed E-state index contributed by atoms with van der Waals surface area (Å²) in [4.78, 5) is 26.8. The number of H-pyrrole nitrogens is 2. The summed E-state index contributed by atoms with van der Waals surface area (Å²) in [6.45, 7) is 0. The van der Waals surface area contributed by atoms with Crippen molar-refractivity contribution in [1.29, 1.82) is 0 Å². The van der Waals surface area contributed by atoms with E-state index in [4.69, 9.17) is 5.84 Å². The van der Waals surface area contributed by atoms with Gasteiger partial charge < -0.3 is 9.97 Å². The number of nitroso groups, excluding NO2 is 1. The Labute approximate surface area is 71.9 Å². The summed E-state index contributed by atoms with van der Waals surface area (Å²) >= 11 is 0. The highest BCUT2D eigenvalue weighted by atomic mass is 16.3. The summed E-state index contributed by atoms with van der Waals surface area (Å²) in [5.74, 6) is 4.99. The molecular formula is C7H7N4O2+. The number of hydrazine groups is 1. The Balaban J connectivity index is 2.74. The quantitative estimate of drug-likeness (QED) is 0.330. The molecule has 6 nitrogen and oxygen atoms in total. The monoisotopic (exact) mass is 179 g/mol. The molecule has 0 aliphatic rings. The smallest absolute Gasteiger partial charge is 0.306 e. The SMILES string of the molecule is N[N+](=O)c1ccc2[nH]c(=O)[nH]c2c1. The maximum atomic E-state index is 10.8. The summed E-state index contributed by atoms with van der Waals surface area (Å²) in [7, 11) is 0. The van der Waals surface area contributed by atoms with E-state index in [9.17, 15) is 9.70 Å². The third-order valence-corrected chi connectivity index (χ3v) is 1.75. The summed E-state index contributed by atoms with van der Waals surface area (Å²) in [5.41, 5.74) is 1.20. The van der Waals surface area contributed by atoms with Gasteiger partial charge >= 0.3 is 5.69 Å². The van der Waals surface area contributed by atoms with Gasteiger partial charge in [0.05, 0.1) is 15.9 Å². The zero-order valence-electron chi connectivity index (χ0n) is 6.57. The minimum atomic E-state index is -0.304. The number of rotatable bonds is 1. The van der Waals surface area contributed by atoms with Crippen molar-refractivity contribution in [2.45, 2.75) is 0 Å². The first-order chi connectivity index (χ1) is 6.16. The van der Waals surface area contributed by atoms with Crippen LogP contribution in [0.15, 0.2) is 23.0 Å². The Morgan fingerprint density at radius 3 is 2.62 bits per heavy atom. The molecule has 1 heterocycles. The van der Waals surface area contributed by atoms with Crippen molar-refractivity contribution < 1.29 is 4.87 Å². The van der Waals surface area contributed by atoms with Gasteiger partial charge in [0.1, 0.15) is 0 Å². The molecule has 0 aliphatic heterocycles. The van der Waals surface area contributed by atoms with Gasteiger partial charge in [-0.05, 0) is 6.07 Å². The Morgan fingerprint density at radius 2 is 1.92 bits per heavy atom. The standard InChI is InChI=1S/C7H6N4O2/c8-11(13)4-1-2-5-6(3-4)10-7(12)9-5/h1-3H,(H3-,8,9,10,12,13)/p+1. The van der Waals surface area contributed by atoms with Crippen molar-refractivity contribution in [3.05, 3.63) is 33.6 Å². The van der Waals surface area contributed by atoms with Crippen LogP contribution in [0, 0.1) is 4.91 Å². The van der Waals surface area contributed by atoms with Gasteiger partial charge in [0.25, 0.3) is 5.69 Å². The predicted molar refractivity (Wildman–Crippen MR) is 46.4 cm³/mol. The molecule has 4 N–H and O–H groups in total. The Hall–Kier alpha value is -2.11. The van der Waals surface area contributed by atoms with E-state index in [1.54, 1.807) is 6.07 Å². The zero-order valence-corrected chi connectivity index (χ0v) is 6.57. The van der Waals surface area contributed by atoms with Crippen molar-refractivity contribution in [3.63, 3.8) is 0 Å². The van der Waals surface area contributed by atoms with Gasteiger partial charge in [0, 0.05) is 12.1 Å². The van der Waals surface area contributed by atoms with Crippen molar-refractivity contribution >= 4 is 16.7 Å². The van der Waals surface area contributed by atoms with Gasteiger partial charge in [0.2, 0.25) is 0 Å². The van der Waals surface area contributed by atoms with Gasteiger partial charge in [-0.25, -0.2) is 4.79 Å². The Morgan fingerprint density at radius 1 is 1.23 bits per heavy atom. The first-order valence-electron chi connectivity index (χ1n) is 3.61. The molecule has 0 radical (unpaired) electrons. The number of imidazole rings is 1. The normalized spacial score (nSPS) is 10.5. The van der Waals surface area contributed by atoms with Crippen molar-refractivity contribution in [3.8, 4) is 0 Å². The summed E-state index contributed by atoms with van der Waals surface area (Å²) in [6.07, 6.45) is 0. The third kappa shape index (κ3) is 1.18. The van der Waals surface area contributed by atoms with E-state index in [1.165, 1.54) is 12.1 Å². The van der Waals surface area contributed by atoms with Gasteiger partial charge in [-0.3, -0.25) is 0 Å². The molecule has 66 valence electrons. The first-order valence-corrected chi connectivity index (χ1v) is 3.61. The van der Waals surface area contributed by atoms with E-state index in [-0.39, 0.29) is 10.6 Å². The summed E-state index contributed by atoms with van der Waals surface area (Å²) < 4.78 is 0. The number of nitrogens with zero attached hydrogens (tertiary/aromatic N) is 1. The molecule has 1 aromatic carbocycles. The lowest BCUT2D eigenvalue weighted by Gasteiger charge is -1.86. The molecular weight excluding hydrogens is 172 g/mol. The number of hydrogen-bond donors (Lipinski definition) is 3. The fourth-order valence-electron chi connectivity index (χ4n) is 1.16. The number of fused-ring (bicyclic) bond motifs is 1. The molecule has 0 fully saturated rings. The minimum Gasteiger partial charge on any atom is -0.306 e. The number of aromatic amines is 2. The maximum absolute atomic E-state index is 10.8. The minimum absolute atomic E-state index is 0.241. The lowest BCUT2D eigenvalue weighted by atomic mass is 10.3. The van der Waals surface area contributed by atoms with Crippen molar-refractivity contribution in [2.24, 2.45) is 5.84 Å². The number of aromatic nitrogens is 2. The molecule has 0 amide bonds. The van der Waals surface area contributed by atoms with E-state index >= 15 is 0 Å². The molecule has 6 heteroatoms. The molecule has 0 unspecified atom stereocenters. The van der Waals surface area contributed by atoms with Gasteiger partial charge in [-0.1, -0.05) is 0 Å². The molecule has 0 saturated carbocycles. The van der Waals surface area contributed by atoms with Crippen LogP contribution in [0.5, 0.6) is 0 Å². The molecule has 2 rings (SSSR count). The van der Waals surface area contributed by atoms with Gasteiger partial charge in [-0.2, -0.15) is 5.84 Å². The lowest BCUT2D eigenvalue weighted by Crippen LogP contribution is -2.08.